The fraction of sp³-hybridized carbons (Fsp3) is 1.00. The summed E-state index contributed by atoms with van der Waals surface area (Å²) >= 11 is 0. The van der Waals surface area contributed by atoms with E-state index in [1.165, 1.54) is 58.0 Å². The molecule has 2 aliphatic rings. The minimum atomic E-state index is 0.894. The third kappa shape index (κ3) is 2.96. The molecule has 0 N–H and O–H groups in total. The molecular weight excluding hydrogens is 172 g/mol. The van der Waals surface area contributed by atoms with E-state index in [9.17, 15) is 0 Å². The van der Waals surface area contributed by atoms with Gasteiger partial charge in [0.15, 0.2) is 0 Å². The molecule has 0 atom stereocenters. The van der Waals surface area contributed by atoms with Crippen LogP contribution in [-0.2, 0) is 0 Å². The van der Waals surface area contributed by atoms with Gasteiger partial charge in [0.1, 0.15) is 0 Å². The standard InChI is InChI=1S/C12H23N2/c1-2-4-6-12(7-5-3-1)14-10-8-13-9-11-14/h12H,1-11H2. The molecular formula is C12H23N2. The minimum Gasteiger partial charge on any atom is -0.298 e. The SMILES string of the molecule is C1CCCC(N2CC[N]CC2)CCC1. The average Bonchev–Trinajstić information content (AvgIpc) is 2.18. The molecule has 2 fully saturated rings. The third-order valence-electron chi connectivity index (χ3n) is 3.68. The molecule has 1 aliphatic heterocycles. The Hall–Kier alpha value is -0.0800. The predicted octanol–water partition coefficient (Wildman–Crippen LogP) is 2.02. The van der Waals surface area contributed by atoms with Crippen LogP contribution in [0.4, 0.5) is 0 Å². The Bertz CT molecular complexity index is 144. The molecule has 1 radical (unpaired) electrons. The Morgan fingerprint density at radius 3 is 2.00 bits per heavy atom. The molecule has 0 aromatic carbocycles. The van der Waals surface area contributed by atoms with Crippen molar-refractivity contribution < 1.29 is 0 Å². The first-order valence-corrected chi connectivity index (χ1v) is 6.34. The van der Waals surface area contributed by atoms with Crippen molar-refractivity contribution in [1.82, 2.24) is 10.2 Å². The van der Waals surface area contributed by atoms with E-state index in [2.05, 4.69) is 10.2 Å². The summed E-state index contributed by atoms with van der Waals surface area (Å²) in [5.74, 6) is 0. The largest absolute Gasteiger partial charge is 0.298 e. The van der Waals surface area contributed by atoms with E-state index in [-0.39, 0.29) is 0 Å². The summed E-state index contributed by atoms with van der Waals surface area (Å²) in [4.78, 5) is 2.69. The summed E-state index contributed by atoms with van der Waals surface area (Å²) in [6, 6.07) is 0.894. The summed E-state index contributed by atoms with van der Waals surface area (Å²) in [5, 5.41) is 4.42. The zero-order valence-electron chi connectivity index (χ0n) is 9.25. The lowest BCUT2D eigenvalue weighted by Gasteiger charge is -2.35. The smallest absolute Gasteiger partial charge is 0.0261 e. The van der Waals surface area contributed by atoms with Crippen LogP contribution in [0, 0.1) is 0 Å². The van der Waals surface area contributed by atoms with Crippen LogP contribution in [0.1, 0.15) is 44.9 Å². The predicted molar refractivity (Wildman–Crippen MR) is 59.5 cm³/mol. The van der Waals surface area contributed by atoms with Crippen LogP contribution in [-0.4, -0.2) is 37.1 Å². The Morgan fingerprint density at radius 2 is 1.36 bits per heavy atom. The van der Waals surface area contributed by atoms with Crippen molar-refractivity contribution >= 4 is 0 Å². The van der Waals surface area contributed by atoms with Crippen LogP contribution in [0.3, 0.4) is 0 Å². The highest BCUT2D eigenvalue weighted by Gasteiger charge is 2.20. The molecule has 1 aliphatic carbocycles. The maximum Gasteiger partial charge on any atom is 0.0261 e. The second-order valence-corrected chi connectivity index (χ2v) is 4.71. The van der Waals surface area contributed by atoms with Crippen molar-refractivity contribution in [2.45, 2.75) is 51.0 Å². The molecule has 0 aromatic rings. The van der Waals surface area contributed by atoms with Crippen molar-refractivity contribution in [3.63, 3.8) is 0 Å². The Morgan fingerprint density at radius 1 is 0.786 bits per heavy atom. The number of rotatable bonds is 1. The van der Waals surface area contributed by atoms with Gasteiger partial charge in [-0.1, -0.05) is 32.1 Å². The zero-order valence-corrected chi connectivity index (χ0v) is 9.25. The van der Waals surface area contributed by atoms with Crippen LogP contribution < -0.4 is 5.32 Å². The summed E-state index contributed by atoms with van der Waals surface area (Å²) in [6.45, 7) is 4.61. The highest BCUT2D eigenvalue weighted by molar-refractivity contribution is 4.77. The first-order valence-electron chi connectivity index (χ1n) is 6.34. The van der Waals surface area contributed by atoms with Crippen molar-refractivity contribution in [3.05, 3.63) is 0 Å². The van der Waals surface area contributed by atoms with Gasteiger partial charge >= 0.3 is 0 Å². The highest BCUT2D eigenvalue weighted by atomic mass is 15.2. The van der Waals surface area contributed by atoms with Gasteiger partial charge in [-0.15, -0.1) is 0 Å². The third-order valence-corrected chi connectivity index (χ3v) is 3.68. The Balaban J connectivity index is 1.80. The van der Waals surface area contributed by atoms with E-state index in [1.54, 1.807) is 0 Å². The lowest BCUT2D eigenvalue weighted by Crippen LogP contribution is -2.46. The molecule has 1 saturated carbocycles. The fourth-order valence-electron chi connectivity index (χ4n) is 2.79. The van der Waals surface area contributed by atoms with Gasteiger partial charge in [0.2, 0.25) is 0 Å². The molecule has 2 nitrogen and oxygen atoms in total. The Labute approximate surface area is 88.1 Å². The molecule has 2 heteroatoms. The lowest BCUT2D eigenvalue weighted by molar-refractivity contribution is 0.146. The van der Waals surface area contributed by atoms with Crippen LogP contribution in [0.2, 0.25) is 0 Å². The maximum absolute atomic E-state index is 4.42. The number of piperazine rings is 1. The fourth-order valence-corrected chi connectivity index (χ4v) is 2.79. The van der Waals surface area contributed by atoms with Gasteiger partial charge in [0.05, 0.1) is 0 Å². The maximum atomic E-state index is 4.42. The topological polar surface area (TPSA) is 17.3 Å². The van der Waals surface area contributed by atoms with Crippen LogP contribution in [0.25, 0.3) is 0 Å². The van der Waals surface area contributed by atoms with Crippen LogP contribution in [0.5, 0.6) is 0 Å². The van der Waals surface area contributed by atoms with Gasteiger partial charge in [0, 0.05) is 32.2 Å². The Kier molecular flexibility index (Phi) is 4.26. The first kappa shape index (κ1) is 10.4. The minimum absolute atomic E-state index is 0.894. The molecule has 0 bridgehead atoms. The molecule has 0 spiro atoms. The molecule has 1 saturated heterocycles. The van der Waals surface area contributed by atoms with E-state index < -0.39 is 0 Å². The molecule has 14 heavy (non-hydrogen) atoms. The molecule has 0 aromatic heterocycles. The number of nitrogens with zero attached hydrogens (tertiary/aromatic N) is 2. The molecule has 0 amide bonds. The van der Waals surface area contributed by atoms with Crippen molar-refractivity contribution in [2.75, 3.05) is 26.2 Å². The van der Waals surface area contributed by atoms with Crippen molar-refractivity contribution in [3.8, 4) is 0 Å². The summed E-state index contributed by atoms with van der Waals surface area (Å²) in [5.41, 5.74) is 0. The van der Waals surface area contributed by atoms with Crippen molar-refractivity contribution in [1.29, 1.82) is 0 Å². The lowest BCUT2D eigenvalue weighted by atomic mass is 9.95. The first-order chi connectivity index (χ1) is 6.97. The highest BCUT2D eigenvalue weighted by Crippen LogP contribution is 2.21. The van der Waals surface area contributed by atoms with Gasteiger partial charge in [-0.2, -0.15) is 0 Å². The second kappa shape index (κ2) is 5.72. The van der Waals surface area contributed by atoms with E-state index in [0.29, 0.717) is 0 Å². The summed E-state index contributed by atoms with van der Waals surface area (Å²) in [6.07, 6.45) is 10.2. The molecule has 1 heterocycles. The quantitative estimate of drug-likeness (QED) is 0.626. The van der Waals surface area contributed by atoms with Gasteiger partial charge in [-0.3, -0.25) is 4.90 Å². The van der Waals surface area contributed by atoms with E-state index >= 15 is 0 Å². The van der Waals surface area contributed by atoms with Gasteiger partial charge < -0.3 is 0 Å². The summed E-state index contributed by atoms with van der Waals surface area (Å²) in [7, 11) is 0. The molecule has 2 rings (SSSR count). The van der Waals surface area contributed by atoms with E-state index in [0.717, 1.165) is 19.1 Å². The number of hydrogen-bond acceptors (Lipinski definition) is 1. The van der Waals surface area contributed by atoms with Crippen LogP contribution in [0.15, 0.2) is 0 Å². The monoisotopic (exact) mass is 195 g/mol. The zero-order chi connectivity index (χ0) is 9.64. The molecule has 81 valence electrons. The second-order valence-electron chi connectivity index (χ2n) is 4.71. The van der Waals surface area contributed by atoms with E-state index in [4.69, 9.17) is 0 Å². The van der Waals surface area contributed by atoms with Gasteiger partial charge in [0.25, 0.3) is 0 Å². The van der Waals surface area contributed by atoms with Crippen molar-refractivity contribution in [2.24, 2.45) is 0 Å². The van der Waals surface area contributed by atoms with Crippen LogP contribution >= 0.6 is 0 Å². The average molecular weight is 195 g/mol. The summed E-state index contributed by atoms with van der Waals surface area (Å²) < 4.78 is 0. The van der Waals surface area contributed by atoms with E-state index in [1.807, 2.05) is 0 Å². The normalized spacial score (nSPS) is 28.3. The van der Waals surface area contributed by atoms with Gasteiger partial charge in [-0.05, 0) is 12.8 Å². The van der Waals surface area contributed by atoms with Gasteiger partial charge in [-0.25, -0.2) is 5.32 Å². The number of hydrogen-bond donors (Lipinski definition) is 0. The molecule has 0 unspecified atom stereocenters.